The van der Waals surface area contributed by atoms with Crippen molar-refractivity contribution in [2.75, 3.05) is 23.3 Å². The first-order valence-corrected chi connectivity index (χ1v) is 12.6. The summed E-state index contributed by atoms with van der Waals surface area (Å²) in [5.41, 5.74) is 2.13. The number of carbonyl (C=O) groups is 1. The lowest BCUT2D eigenvalue weighted by Crippen LogP contribution is -2.38. The Kier molecular flexibility index (Phi) is 6.07. The molecule has 4 aromatic rings. The number of thiazole rings is 1. The minimum absolute atomic E-state index is 0.0108. The molecule has 33 heavy (non-hydrogen) atoms. The number of carbonyl (C=O) groups excluding carboxylic acids is 1. The summed E-state index contributed by atoms with van der Waals surface area (Å²) >= 11 is 3.14. The SMILES string of the molecule is Cc1sc2ncnc(N3CCC(C(=O)Nc4ncc(Cc5cccc(F)c5)s4)CC3)c2c1C. The molecule has 1 aliphatic rings. The molecule has 170 valence electrons. The number of rotatable bonds is 5. The second-order valence-electron chi connectivity index (χ2n) is 8.35. The van der Waals surface area contributed by atoms with Crippen LogP contribution in [0.3, 0.4) is 0 Å². The first-order chi connectivity index (χ1) is 16.0. The quantitative estimate of drug-likeness (QED) is 0.416. The van der Waals surface area contributed by atoms with Crippen molar-refractivity contribution < 1.29 is 9.18 Å². The lowest BCUT2D eigenvalue weighted by molar-refractivity contribution is -0.120. The predicted octanol–water partition coefficient (Wildman–Crippen LogP) is 5.35. The summed E-state index contributed by atoms with van der Waals surface area (Å²) in [6, 6.07) is 6.55. The Morgan fingerprint density at radius 2 is 2.00 bits per heavy atom. The van der Waals surface area contributed by atoms with Crippen LogP contribution in [0.25, 0.3) is 10.2 Å². The normalized spacial score (nSPS) is 14.7. The second-order valence-corrected chi connectivity index (χ2v) is 10.7. The van der Waals surface area contributed by atoms with E-state index in [1.165, 1.54) is 33.9 Å². The lowest BCUT2D eigenvalue weighted by atomic mass is 9.96. The van der Waals surface area contributed by atoms with E-state index in [-0.39, 0.29) is 17.6 Å². The van der Waals surface area contributed by atoms with Crippen LogP contribution in [0.15, 0.2) is 36.8 Å². The van der Waals surface area contributed by atoms with Gasteiger partial charge in [0.2, 0.25) is 5.91 Å². The largest absolute Gasteiger partial charge is 0.356 e. The van der Waals surface area contributed by atoms with Crippen molar-refractivity contribution in [3.05, 3.63) is 63.5 Å². The molecule has 0 aliphatic carbocycles. The van der Waals surface area contributed by atoms with Crippen molar-refractivity contribution in [3.63, 3.8) is 0 Å². The Balaban J connectivity index is 1.20. The van der Waals surface area contributed by atoms with Crippen molar-refractivity contribution in [3.8, 4) is 0 Å². The molecule has 0 bridgehead atoms. The third-order valence-corrected chi connectivity index (χ3v) is 8.19. The molecule has 1 fully saturated rings. The number of aromatic nitrogens is 3. The summed E-state index contributed by atoms with van der Waals surface area (Å²) in [6.45, 7) is 5.80. The molecule has 1 aromatic carbocycles. The molecule has 5 rings (SSSR count). The number of benzene rings is 1. The summed E-state index contributed by atoms with van der Waals surface area (Å²) in [7, 11) is 0. The number of nitrogens with zero attached hydrogens (tertiary/aromatic N) is 4. The van der Waals surface area contributed by atoms with E-state index < -0.39 is 0 Å². The van der Waals surface area contributed by atoms with E-state index in [1.54, 1.807) is 29.9 Å². The highest BCUT2D eigenvalue weighted by molar-refractivity contribution is 7.18. The van der Waals surface area contributed by atoms with Crippen LogP contribution in [-0.2, 0) is 11.2 Å². The fourth-order valence-corrected chi connectivity index (χ4v) is 6.10. The number of thiophene rings is 1. The van der Waals surface area contributed by atoms with Crippen LogP contribution in [0.4, 0.5) is 15.3 Å². The zero-order valence-corrected chi connectivity index (χ0v) is 20.1. The number of halogens is 1. The summed E-state index contributed by atoms with van der Waals surface area (Å²) in [5.74, 6) is 0.683. The number of anilines is 2. The molecular formula is C24H24FN5OS2. The highest BCUT2D eigenvalue weighted by atomic mass is 32.1. The van der Waals surface area contributed by atoms with Gasteiger partial charge in [-0.2, -0.15) is 0 Å². The van der Waals surface area contributed by atoms with E-state index in [4.69, 9.17) is 0 Å². The summed E-state index contributed by atoms with van der Waals surface area (Å²) in [5, 5.41) is 4.71. The van der Waals surface area contributed by atoms with E-state index in [2.05, 4.69) is 39.0 Å². The van der Waals surface area contributed by atoms with Crippen LogP contribution in [0, 0.1) is 25.6 Å². The van der Waals surface area contributed by atoms with Gasteiger partial charge in [0.1, 0.15) is 22.8 Å². The van der Waals surface area contributed by atoms with Crippen molar-refractivity contribution in [2.24, 2.45) is 5.92 Å². The summed E-state index contributed by atoms with van der Waals surface area (Å²) < 4.78 is 13.4. The summed E-state index contributed by atoms with van der Waals surface area (Å²) in [6.07, 6.45) is 5.51. The van der Waals surface area contributed by atoms with Gasteiger partial charge >= 0.3 is 0 Å². The molecule has 0 atom stereocenters. The first-order valence-electron chi connectivity index (χ1n) is 10.9. The van der Waals surface area contributed by atoms with Gasteiger partial charge in [-0.05, 0) is 49.9 Å². The highest BCUT2D eigenvalue weighted by Gasteiger charge is 2.28. The zero-order valence-electron chi connectivity index (χ0n) is 18.5. The van der Waals surface area contributed by atoms with Gasteiger partial charge in [0.15, 0.2) is 5.13 Å². The van der Waals surface area contributed by atoms with Crippen LogP contribution in [0.5, 0.6) is 0 Å². The van der Waals surface area contributed by atoms with Crippen LogP contribution in [0.1, 0.15) is 33.7 Å². The lowest BCUT2D eigenvalue weighted by Gasteiger charge is -2.32. The molecule has 4 heterocycles. The van der Waals surface area contributed by atoms with Crippen LogP contribution in [-0.4, -0.2) is 33.9 Å². The maximum absolute atomic E-state index is 13.4. The Bertz CT molecular complexity index is 1310. The van der Waals surface area contributed by atoms with E-state index in [9.17, 15) is 9.18 Å². The van der Waals surface area contributed by atoms with Gasteiger partial charge in [-0.15, -0.1) is 22.7 Å². The number of hydrogen-bond acceptors (Lipinski definition) is 7. The average molecular weight is 482 g/mol. The number of hydrogen-bond donors (Lipinski definition) is 1. The van der Waals surface area contributed by atoms with Crippen LogP contribution in [0.2, 0.25) is 0 Å². The minimum Gasteiger partial charge on any atom is -0.356 e. The monoisotopic (exact) mass is 481 g/mol. The standard InChI is InChI=1S/C24H24FN5OS2/c1-14-15(2)32-23-20(14)21(27-13-28-23)30-8-6-17(7-9-30)22(31)29-24-26-12-19(33-24)11-16-4-3-5-18(25)10-16/h3-5,10,12-13,17H,6-9,11H2,1-2H3,(H,26,29,31). The Morgan fingerprint density at radius 3 is 2.79 bits per heavy atom. The molecular weight excluding hydrogens is 457 g/mol. The number of piperidine rings is 1. The minimum atomic E-state index is -0.246. The van der Waals surface area contributed by atoms with Crippen LogP contribution < -0.4 is 10.2 Å². The Morgan fingerprint density at radius 1 is 1.18 bits per heavy atom. The third-order valence-electron chi connectivity index (χ3n) is 6.16. The number of nitrogens with one attached hydrogen (secondary N) is 1. The molecule has 0 saturated carbocycles. The number of fused-ring (bicyclic) bond motifs is 1. The van der Waals surface area contributed by atoms with E-state index in [0.717, 1.165) is 52.4 Å². The van der Waals surface area contributed by atoms with Crippen molar-refractivity contribution in [2.45, 2.75) is 33.1 Å². The fourth-order valence-electron chi connectivity index (χ4n) is 4.26. The fraction of sp³-hybridized carbons (Fsp3) is 0.333. The van der Waals surface area contributed by atoms with Crippen molar-refractivity contribution in [1.82, 2.24) is 15.0 Å². The molecule has 1 amide bonds. The van der Waals surface area contributed by atoms with Gasteiger partial charge in [-0.25, -0.2) is 19.3 Å². The molecule has 3 aromatic heterocycles. The van der Waals surface area contributed by atoms with Gasteiger partial charge in [0.05, 0.1) is 5.39 Å². The molecule has 0 spiro atoms. The van der Waals surface area contributed by atoms with Crippen molar-refractivity contribution in [1.29, 1.82) is 0 Å². The van der Waals surface area contributed by atoms with Crippen LogP contribution >= 0.6 is 22.7 Å². The zero-order chi connectivity index (χ0) is 22.9. The van der Waals surface area contributed by atoms with Crippen molar-refractivity contribution >= 4 is 49.7 Å². The first kappa shape index (κ1) is 21.9. The molecule has 6 nitrogen and oxygen atoms in total. The maximum atomic E-state index is 13.4. The Hall–Kier alpha value is -2.91. The highest BCUT2D eigenvalue weighted by Crippen LogP contribution is 2.35. The van der Waals surface area contributed by atoms with E-state index in [0.29, 0.717) is 11.6 Å². The smallest absolute Gasteiger partial charge is 0.229 e. The topological polar surface area (TPSA) is 71.0 Å². The predicted molar refractivity (Wildman–Crippen MR) is 132 cm³/mol. The maximum Gasteiger partial charge on any atom is 0.229 e. The van der Waals surface area contributed by atoms with E-state index >= 15 is 0 Å². The molecule has 1 N–H and O–H groups in total. The van der Waals surface area contributed by atoms with Gasteiger partial charge in [-0.3, -0.25) is 4.79 Å². The van der Waals surface area contributed by atoms with Gasteiger partial charge in [-0.1, -0.05) is 12.1 Å². The second kappa shape index (κ2) is 9.15. The van der Waals surface area contributed by atoms with Gasteiger partial charge in [0.25, 0.3) is 0 Å². The average Bonchev–Trinajstić information content (AvgIpc) is 3.37. The molecule has 1 saturated heterocycles. The van der Waals surface area contributed by atoms with E-state index in [1.807, 2.05) is 6.07 Å². The van der Waals surface area contributed by atoms with Gasteiger partial charge < -0.3 is 10.2 Å². The molecule has 0 unspecified atom stereocenters. The van der Waals surface area contributed by atoms with Gasteiger partial charge in [0, 0.05) is 41.4 Å². The summed E-state index contributed by atoms with van der Waals surface area (Å²) in [4.78, 5) is 31.8. The molecule has 0 radical (unpaired) electrons. The molecule has 1 aliphatic heterocycles. The number of aryl methyl sites for hydroxylation is 2. The molecule has 9 heteroatoms. The third kappa shape index (κ3) is 4.60. The Labute approximate surface area is 199 Å². The number of amides is 1.